The number of ether oxygens (including phenoxy) is 2. The standard InChI is InChI=1S/2C25H18F3O2P.C5H2F6O2.Eu/c2*26-25(27,28)30-20-17-15-19(16-18-20)23-13-7-8-14-24(23)31(29,21-9-3-1-4-10-21)22-11-5-2-6-12-22;6-4(7,8)2(12)1-3(13)5(9,10)11;/h2*1-18H;1,12H;/b;;2-1-;. The largest absolute Gasteiger partial charge is 0.573 e. The van der Waals surface area contributed by atoms with Crippen LogP contribution in [0.3, 0.4) is 0 Å². The van der Waals surface area contributed by atoms with E-state index >= 15 is 0 Å². The van der Waals surface area contributed by atoms with Crippen molar-refractivity contribution in [2.24, 2.45) is 0 Å². The maximum atomic E-state index is 14.7. The molecule has 0 unspecified atom stereocenters. The molecule has 76 heavy (non-hydrogen) atoms. The number of benzene rings is 8. The molecule has 1 radical (unpaired) electrons. The summed E-state index contributed by atoms with van der Waals surface area (Å²) in [4.78, 5) is 9.86. The predicted octanol–water partition coefficient (Wildman–Crippen LogP) is 13.9. The van der Waals surface area contributed by atoms with Crippen LogP contribution < -0.4 is 41.3 Å². The van der Waals surface area contributed by atoms with Crippen LogP contribution in [0.2, 0.25) is 0 Å². The Hall–Kier alpha value is -6.23. The van der Waals surface area contributed by atoms with Gasteiger partial charge in [0.15, 0.2) is 14.3 Å². The number of alkyl halides is 12. The molecule has 395 valence electrons. The van der Waals surface area contributed by atoms with Crippen molar-refractivity contribution in [1.82, 2.24) is 0 Å². The minimum Gasteiger partial charge on any atom is -0.504 e. The maximum Gasteiger partial charge on any atom is 0.573 e. The summed E-state index contributed by atoms with van der Waals surface area (Å²) in [6, 6.07) is 62.7. The normalized spacial score (nSPS) is 12.1. The van der Waals surface area contributed by atoms with Crippen molar-refractivity contribution in [1.29, 1.82) is 0 Å². The third kappa shape index (κ3) is 15.9. The SMILES string of the molecule is O=C(/C=C(\O)C(F)(F)F)C(F)(F)F.O=P(c1ccccc1)(c1ccccc1)c1ccccc1-c1ccc(OC(F)(F)F)cc1.O=P(c1ccccc1)(c1ccccc1)c1ccccc1-c1ccc(OC(F)(F)F)cc1.[Eu]. The second-order valence-electron chi connectivity index (χ2n) is 15.6. The fraction of sp³-hybridized carbons (Fsp3) is 0.0727. The van der Waals surface area contributed by atoms with Gasteiger partial charge in [-0.05, 0) is 46.5 Å². The molecule has 0 spiro atoms. The monoisotopic (exact) mass is 1240 g/mol. The number of allylic oxidation sites excluding steroid dienone is 2. The average molecular weight is 1240 g/mol. The van der Waals surface area contributed by atoms with Gasteiger partial charge < -0.3 is 23.7 Å². The number of aliphatic hydroxyl groups is 1. The summed E-state index contributed by atoms with van der Waals surface area (Å²) in [5.41, 5.74) is 2.68. The maximum absolute atomic E-state index is 14.7. The van der Waals surface area contributed by atoms with Crippen LogP contribution in [0.1, 0.15) is 0 Å². The number of hydrogen-bond acceptors (Lipinski definition) is 6. The van der Waals surface area contributed by atoms with Gasteiger partial charge in [0.1, 0.15) is 11.5 Å². The molecular weight excluding hydrogens is 1200 g/mol. The van der Waals surface area contributed by atoms with Crippen LogP contribution in [0.5, 0.6) is 11.5 Å². The average Bonchev–Trinajstić information content (AvgIpc) is 3.38. The van der Waals surface area contributed by atoms with Crippen molar-refractivity contribution in [3.63, 3.8) is 0 Å². The van der Waals surface area contributed by atoms with Crippen LogP contribution in [0.15, 0.2) is 230 Å². The number of halogens is 12. The van der Waals surface area contributed by atoms with Gasteiger partial charge in [-0.3, -0.25) is 4.79 Å². The molecule has 6 nitrogen and oxygen atoms in total. The molecule has 0 amide bonds. The van der Waals surface area contributed by atoms with Crippen LogP contribution in [0.4, 0.5) is 52.7 Å². The molecule has 0 bridgehead atoms. The van der Waals surface area contributed by atoms with E-state index in [4.69, 9.17) is 5.11 Å². The van der Waals surface area contributed by atoms with Crippen molar-refractivity contribution in [2.45, 2.75) is 25.1 Å². The Labute approximate surface area is 467 Å². The zero-order valence-corrected chi connectivity index (χ0v) is 42.9. The van der Waals surface area contributed by atoms with E-state index < -0.39 is 57.0 Å². The number of rotatable bonds is 11. The van der Waals surface area contributed by atoms with Gasteiger partial charge in [-0.2, -0.15) is 26.3 Å². The van der Waals surface area contributed by atoms with E-state index in [2.05, 4.69) is 9.47 Å². The minimum absolute atomic E-state index is 0. The van der Waals surface area contributed by atoms with Gasteiger partial charge in [0, 0.05) is 87.3 Å². The number of ketones is 1. The zero-order chi connectivity index (χ0) is 54.7. The molecule has 8 aromatic rings. The van der Waals surface area contributed by atoms with Gasteiger partial charge in [0.05, 0.1) is 0 Å². The van der Waals surface area contributed by atoms with Gasteiger partial charge in [-0.25, -0.2) is 0 Å². The van der Waals surface area contributed by atoms with Crippen LogP contribution in [-0.4, -0.2) is 36.0 Å². The Morgan fingerprint density at radius 3 is 0.895 bits per heavy atom. The topological polar surface area (TPSA) is 89.9 Å². The van der Waals surface area contributed by atoms with E-state index in [1.807, 2.05) is 170 Å². The van der Waals surface area contributed by atoms with E-state index in [1.165, 1.54) is 24.3 Å². The quantitative estimate of drug-likeness (QED) is 0.0601. The number of hydrogen-bond donors (Lipinski definition) is 1. The van der Waals surface area contributed by atoms with Gasteiger partial charge in [-0.1, -0.05) is 194 Å². The first kappa shape index (κ1) is 60.6. The minimum atomic E-state index is -5.42. The number of carbonyl (C=O) groups excluding carboxylic acids is 1. The first-order chi connectivity index (χ1) is 35.3. The molecule has 0 saturated heterocycles. The van der Waals surface area contributed by atoms with E-state index in [-0.39, 0.29) is 60.9 Å². The summed E-state index contributed by atoms with van der Waals surface area (Å²) in [6.45, 7) is 0. The molecule has 0 fully saturated rings. The molecule has 0 aliphatic carbocycles. The Bertz CT molecular complexity index is 3000. The van der Waals surface area contributed by atoms with Gasteiger partial charge in [0.2, 0.25) is 5.76 Å². The van der Waals surface area contributed by atoms with E-state index in [9.17, 15) is 66.6 Å². The smallest absolute Gasteiger partial charge is 0.504 e. The number of aliphatic hydroxyl groups excluding tert-OH is 1. The van der Waals surface area contributed by atoms with Crippen LogP contribution in [-0.2, 0) is 13.9 Å². The van der Waals surface area contributed by atoms with Crippen molar-refractivity contribution >= 4 is 51.9 Å². The molecule has 0 aliphatic heterocycles. The summed E-state index contributed by atoms with van der Waals surface area (Å²) in [6.07, 6.45) is -21.2. The Morgan fingerprint density at radius 1 is 0.382 bits per heavy atom. The Kier molecular flexibility index (Phi) is 20.5. The third-order valence-electron chi connectivity index (χ3n) is 10.6. The summed E-state index contributed by atoms with van der Waals surface area (Å²) >= 11 is 0. The molecule has 0 atom stereocenters. The summed E-state index contributed by atoms with van der Waals surface area (Å²) in [5, 5.41) is 11.9. The fourth-order valence-electron chi connectivity index (χ4n) is 7.35. The molecule has 0 aliphatic rings. The first-order valence-corrected chi connectivity index (χ1v) is 25.1. The third-order valence-corrected chi connectivity index (χ3v) is 16.8. The van der Waals surface area contributed by atoms with Crippen molar-refractivity contribution in [3.8, 4) is 33.8 Å². The van der Waals surface area contributed by atoms with Crippen molar-refractivity contribution in [2.75, 3.05) is 0 Å². The van der Waals surface area contributed by atoms with Gasteiger partial charge in [0.25, 0.3) is 5.78 Å². The zero-order valence-electron chi connectivity index (χ0n) is 38.7. The van der Waals surface area contributed by atoms with Gasteiger partial charge in [-0.15, -0.1) is 26.3 Å². The molecular formula is C55H38EuF12O6P2. The summed E-state index contributed by atoms with van der Waals surface area (Å²) < 4.78 is 180. The van der Waals surface area contributed by atoms with Crippen LogP contribution in [0.25, 0.3) is 22.3 Å². The van der Waals surface area contributed by atoms with E-state index in [0.29, 0.717) is 54.1 Å². The van der Waals surface area contributed by atoms with Crippen LogP contribution in [0, 0.1) is 49.4 Å². The molecule has 0 heterocycles. The molecule has 1 N–H and O–H groups in total. The summed E-state index contributed by atoms with van der Waals surface area (Å²) in [7, 11) is -6.47. The Balaban J connectivity index is 0.000000227. The fourth-order valence-corrected chi connectivity index (χ4v) is 13.1. The first-order valence-electron chi connectivity index (χ1n) is 21.7. The van der Waals surface area contributed by atoms with E-state index in [1.54, 1.807) is 24.3 Å². The second kappa shape index (κ2) is 25.7. The van der Waals surface area contributed by atoms with Crippen molar-refractivity contribution < 1.29 is 131 Å². The second-order valence-corrected chi connectivity index (χ2v) is 21.1. The molecule has 21 heteroatoms. The molecule has 8 rings (SSSR count). The van der Waals surface area contributed by atoms with Crippen molar-refractivity contribution in [3.05, 3.63) is 230 Å². The summed E-state index contributed by atoms with van der Waals surface area (Å²) in [5.74, 6) is -5.94. The molecule has 0 saturated carbocycles. The number of carbonyl (C=O) groups is 1. The van der Waals surface area contributed by atoms with Gasteiger partial charge >= 0.3 is 25.1 Å². The van der Waals surface area contributed by atoms with Crippen LogP contribution >= 0.6 is 14.3 Å². The van der Waals surface area contributed by atoms with E-state index in [0.717, 1.165) is 0 Å². The molecule has 0 aromatic heterocycles. The Morgan fingerprint density at radius 2 is 0.645 bits per heavy atom. The predicted molar refractivity (Wildman–Crippen MR) is 264 cm³/mol. The molecule has 8 aromatic carbocycles.